The minimum atomic E-state index is -0.242. The molecule has 6 nitrogen and oxygen atoms in total. The number of anilines is 1. The molecule has 0 spiro atoms. The first-order valence-corrected chi connectivity index (χ1v) is 11.1. The van der Waals surface area contributed by atoms with Crippen LogP contribution in [0.3, 0.4) is 0 Å². The molecule has 0 atom stereocenters. The zero-order valence-electron chi connectivity index (χ0n) is 17.4. The Kier molecular flexibility index (Phi) is 6.91. The van der Waals surface area contributed by atoms with E-state index in [1.54, 1.807) is 30.6 Å². The van der Waals surface area contributed by atoms with E-state index >= 15 is 0 Å². The van der Waals surface area contributed by atoms with Gasteiger partial charge in [0.2, 0.25) is 5.91 Å². The van der Waals surface area contributed by atoms with Gasteiger partial charge in [0.15, 0.2) is 0 Å². The molecule has 1 fully saturated rings. The molecule has 31 heavy (non-hydrogen) atoms. The van der Waals surface area contributed by atoms with Crippen molar-refractivity contribution in [2.75, 3.05) is 45.2 Å². The summed E-state index contributed by atoms with van der Waals surface area (Å²) in [4.78, 5) is 21.6. The molecule has 0 radical (unpaired) electrons. The van der Waals surface area contributed by atoms with Crippen LogP contribution in [0.15, 0.2) is 53.9 Å². The van der Waals surface area contributed by atoms with Gasteiger partial charge >= 0.3 is 0 Å². The van der Waals surface area contributed by atoms with Gasteiger partial charge in [-0.3, -0.25) is 14.6 Å². The number of carbonyl (C=O) groups is 1. The molecule has 1 aliphatic heterocycles. The maximum Gasteiger partial charge on any atom is 0.238 e. The fourth-order valence-electron chi connectivity index (χ4n) is 3.57. The van der Waals surface area contributed by atoms with Gasteiger partial charge in [0.1, 0.15) is 16.6 Å². The average Bonchev–Trinajstić information content (AvgIpc) is 3.24. The quantitative estimate of drug-likeness (QED) is 0.607. The summed E-state index contributed by atoms with van der Waals surface area (Å²) in [7, 11) is 1.59. The highest BCUT2D eigenvalue weighted by molar-refractivity contribution is 7.09. The Morgan fingerprint density at radius 1 is 1.10 bits per heavy atom. The molecule has 3 aromatic rings. The molecular weight excluding hydrogens is 415 g/mol. The van der Waals surface area contributed by atoms with Gasteiger partial charge in [-0.05, 0) is 36.4 Å². The number of hydrogen-bond acceptors (Lipinski definition) is 6. The first-order valence-electron chi connectivity index (χ1n) is 10.2. The lowest BCUT2D eigenvalue weighted by atomic mass is 10.2. The van der Waals surface area contributed by atoms with E-state index in [-0.39, 0.29) is 11.7 Å². The van der Waals surface area contributed by atoms with Crippen LogP contribution in [0.5, 0.6) is 5.75 Å². The zero-order valence-corrected chi connectivity index (χ0v) is 18.2. The smallest absolute Gasteiger partial charge is 0.238 e. The number of halogens is 1. The fraction of sp³-hybridized carbons (Fsp3) is 0.304. The first kappa shape index (κ1) is 21.4. The van der Waals surface area contributed by atoms with E-state index in [4.69, 9.17) is 9.72 Å². The summed E-state index contributed by atoms with van der Waals surface area (Å²) in [6, 6.07) is 13.8. The second-order valence-electron chi connectivity index (χ2n) is 7.43. The van der Waals surface area contributed by atoms with Crippen molar-refractivity contribution in [1.29, 1.82) is 0 Å². The van der Waals surface area contributed by atoms with Crippen molar-refractivity contribution in [3.8, 4) is 17.0 Å². The molecule has 0 saturated carbocycles. The minimum Gasteiger partial charge on any atom is -0.495 e. The summed E-state index contributed by atoms with van der Waals surface area (Å²) in [5.74, 6) is 0.375. The second kappa shape index (κ2) is 10.00. The molecule has 0 bridgehead atoms. The Balaban J connectivity index is 1.24. The molecule has 4 rings (SSSR count). The van der Waals surface area contributed by atoms with Crippen molar-refractivity contribution in [2.45, 2.75) is 6.54 Å². The number of nitrogens with one attached hydrogen (secondary N) is 1. The van der Waals surface area contributed by atoms with Crippen molar-refractivity contribution in [2.24, 2.45) is 0 Å². The second-order valence-corrected chi connectivity index (χ2v) is 8.38. The lowest BCUT2D eigenvalue weighted by molar-refractivity contribution is -0.117. The third kappa shape index (κ3) is 5.66. The lowest BCUT2D eigenvalue weighted by Gasteiger charge is -2.33. The highest BCUT2D eigenvalue weighted by atomic mass is 32.1. The zero-order chi connectivity index (χ0) is 21.6. The SMILES string of the molecule is COc1ccccc1NC(=O)CN1CCN(Cc2nc(-c3ccc(F)cc3)cs2)CC1. The van der Waals surface area contributed by atoms with E-state index in [0.29, 0.717) is 18.0 Å². The van der Waals surface area contributed by atoms with Crippen LogP contribution < -0.4 is 10.1 Å². The number of rotatable bonds is 7. The van der Waals surface area contributed by atoms with Gasteiger partial charge < -0.3 is 10.1 Å². The number of benzene rings is 2. The molecule has 1 aromatic heterocycles. The number of thiazole rings is 1. The molecule has 1 aliphatic rings. The van der Waals surface area contributed by atoms with Crippen molar-refractivity contribution in [1.82, 2.24) is 14.8 Å². The normalized spacial score (nSPS) is 15.0. The lowest BCUT2D eigenvalue weighted by Crippen LogP contribution is -2.48. The molecule has 1 saturated heterocycles. The number of carbonyl (C=O) groups excluding carboxylic acids is 1. The van der Waals surface area contributed by atoms with Crippen LogP contribution in [0.1, 0.15) is 5.01 Å². The Morgan fingerprint density at radius 3 is 2.55 bits per heavy atom. The number of hydrogen-bond donors (Lipinski definition) is 1. The summed E-state index contributed by atoms with van der Waals surface area (Å²) in [5, 5.41) is 5.99. The first-order chi connectivity index (χ1) is 15.1. The predicted molar refractivity (Wildman–Crippen MR) is 121 cm³/mol. The van der Waals surface area contributed by atoms with E-state index in [1.165, 1.54) is 12.1 Å². The maximum absolute atomic E-state index is 13.1. The Bertz CT molecular complexity index is 1020. The summed E-state index contributed by atoms with van der Waals surface area (Å²) < 4.78 is 18.4. The van der Waals surface area contributed by atoms with Crippen LogP contribution >= 0.6 is 11.3 Å². The molecule has 2 heterocycles. The molecule has 2 aromatic carbocycles. The average molecular weight is 441 g/mol. The van der Waals surface area contributed by atoms with Gasteiger partial charge in [-0.25, -0.2) is 9.37 Å². The molecule has 162 valence electrons. The third-order valence-electron chi connectivity index (χ3n) is 5.26. The van der Waals surface area contributed by atoms with Crippen molar-refractivity contribution < 1.29 is 13.9 Å². The number of aromatic nitrogens is 1. The van der Waals surface area contributed by atoms with Crippen LogP contribution in [0.25, 0.3) is 11.3 Å². The van der Waals surface area contributed by atoms with E-state index < -0.39 is 0 Å². The topological polar surface area (TPSA) is 57.7 Å². The summed E-state index contributed by atoms with van der Waals surface area (Å²) in [6.45, 7) is 4.57. The van der Waals surface area contributed by atoms with Gasteiger partial charge in [-0.15, -0.1) is 11.3 Å². The summed E-state index contributed by atoms with van der Waals surface area (Å²) in [6.07, 6.45) is 0. The van der Waals surface area contributed by atoms with E-state index in [1.807, 2.05) is 29.6 Å². The van der Waals surface area contributed by atoms with E-state index in [2.05, 4.69) is 15.1 Å². The van der Waals surface area contributed by atoms with Gasteiger partial charge in [-0.1, -0.05) is 12.1 Å². The van der Waals surface area contributed by atoms with Gasteiger partial charge in [0.25, 0.3) is 0 Å². The van der Waals surface area contributed by atoms with Crippen LogP contribution in [0, 0.1) is 5.82 Å². The summed E-state index contributed by atoms with van der Waals surface area (Å²) >= 11 is 1.62. The standard InChI is InChI=1S/C23H25FN4O2S/c1-30-21-5-3-2-4-19(21)25-22(29)14-27-10-12-28(13-11-27)15-23-26-20(16-31-23)17-6-8-18(24)9-7-17/h2-9,16H,10-15H2,1H3,(H,25,29). The van der Waals surface area contributed by atoms with Crippen LogP contribution in [-0.4, -0.2) is 60.5 Å². The number of piperazine rings is 1. The molecular formula is C23H25FN4O2S. The fourth-order valence-corrected chi connectivity index (χ4v) is 4.42. The van der Waals surface area contributed by atoms with Crippen molar-refractivity contribution >= 4 is 22.9 Å². The monoisotopic (exact) mass is 440 g/mol. The van der Waals surface area contributed by atoms with Crippen LogP contribution in [0.2, 0.25) is 0 Å². The van der Waals surface area contributed by atoms with E-state index in [9.17, 15) is 9.18 Å². The number of ether oxygens (including phenoxy) is 1. The number of nitrogens with zero attached hydrogens (tertiary/aromatic N) is 3. The third-order valence-corrected chi connectivity index (χ3v) is 6.10. The maximum atomic E-state index is 13.1. The Morgan fingerprint density at radius 2 is 1.81 bits per heavy atom. The molecule has 0 unspecified atom stereocenters. The highest BCUT2D eigenvalue weighted by Crippen LogP contribution is 2.24. The minimum absolute atomic E-state index is 0.0400. The van der Waals surface area contributed by atoms with Gasteiger partial charge in [-0.2, -0.15) is 0 Å². The van der Waals surface area contributed by atoms with Crippen molar-refractivity contribution in [3.63, 3.8) is 0 Å². The Hall–Kier alpha value is -2.81. The van der Waals surface area contributed by atoms with Crippen LogP contribution in [-0.2, 0) is 11.3 Å². The molecule has 8 heteroatoms. The van der Waals surface area contributed by atoms with Gasteiger partial charge in [0.05, 0.1) is 31.6 Å². The number of methoxy groups -OCH3 is 1. The van der Waals surface area contributed by atoms with Gasteiger partial charge in [0, 0.05) is 37.1 Å². The van der Waals surface area contributed by atoms with E-state index in [0.717, 1.165) is 49.0 Å². The number of para-hydroxylation sites is 2. The number of amides is 1. The molecule has 1 N–H and O–H groups in total. The molecule has 1 amide bonds. The highest BCUT2D eigenvalue weighted by Gasteiger charge is 2.20. The predicted octanol–water partition coefficient (Wildman–Crippen LogP) is 3.71. The summed E-state index contributed by atoms with van der Waals surface area (Å²) in [5.41, 5.74) is 2.50. The van der Waals surface area contributed by atoms with Crippen molar-refractivity contribution in [3.05, 3.63) is 64.7 Å². The Labute approximate surface area is 185 Å². The molecule has 0 aliphatic carbocycles. The largest absolute Gasteiger partial charge is 0.495 e. The van der Waals surface area contributed by atoms with Crippen LogP contribution in [0.4, 0.5) is 10.1 Å².